The normalized spacial score (nSPS) is 15.5. The van der Waals surface area contributed by atoms with Crippen LogP contribution in [-0.4, -0.2) is 52.2 Å². The van der Waals surface area contributed by atoms with Crippen LogP contribution in [0.4, 0.5) is 4.39 Å². The first-order valence-electron chi connectivity index (χ1n) is 16.1. The maximum atomic E-state index is 14.5. The number of rotatable bonds is 9. The van der Waals surface area contributed by atoms with Crippen LogP contribution < -0.4 is 9.47 Å². The quantitative estimate of drug-likeness (QED) is 0.130. The van der Waals surface area contributed by atoms with Gasteiger partial charge in [0.25, 0.3) is 0 Å². The average molecular weight is 650 g/mol. The monoisotopic (exact) mass is 649 g/mol. The Hall–Kier alpha value is -4.60. The van der Waals surface area contributed by atoms with E-state index in [1.165, 1.54) is 18.2 Å². The van der Waals surface area contributed by atoms with Crippen molar-refractivity contribution in [3.05, 3.63) is 107 Å². The fourth-order valence-electron chi connectivity index (χ4n) is 6.64. The summed E-state index contributed by atoms with van der Waals surface area (Å²) in [5.74, 6) is 0.644. The SMILES string of the molecule is C=CC(=O)N1CCc2ncc(C3CCOc4cc(F)ccc4-c4c3nc(-c3ccccc3OCCCCCO)c3ccsc43)cc2C1. The molecule has 7 rings (SSSR count). The van der Waals surface area contributed by atoms with Gasteiger partial charge in [0.05, 0.1) is 24.6 Å². The van der Waals surface area contributed by atoms with Gasteiger partial charge in [-0.2, -0.15) is 0 Å². The zero-order valence-electron chi connectivity index (χ0n) is 26.1. The van der Waals surface area contributed by atoms with Crippen molar-refractivity contribution >= 4 is 27.3 Å². The molecule has 1 amide bonds. The number of aliphatic hydroxyl groups is 1. The summed E-state index contributed by atoms with van der Waals surface area (Å²) in [6.07, 6.45) is 7.08. The number of aromatic nitrogens is 2. The Bertz CT molecular complexity index is 1960. The molecular weight excluding hydrogens is 614 g/mol. The summed E-state index contributed by atoms with van der Waals surface area (Å²) in [4.78, 5) is 24.7. The van der Waals surface area contributed by atoms with Crippen molar-refractivity contribution in [3.8, 4) is 33.9 Å². The molecule has 0 spiro atoms. The molecule has 2 aliphatic heterocycles. The van der Waals surface area contributed by atoms with Crippen molar-refractivity contribution in [3.63, 3.8) is 0 Å². The van der Waals surface area contributed by atoms with Crippen molar-refractivity contribution in [2.45, 2.75) is 44.6 Å². The highest BCUT2D eigenvalue weighted by atomic mass is 32.1. The lowest BCUT2D eigenvalue weighted by Crippen LogP contribution is -2.35. The van der Waals surface area contributed by atoms with E-state index in [4.69, 9.17) is 19.4 Å². The van der Waals surface area contributed by atoms with Crippen molar-refractivity contribution in [2.24, 2.45) is 0 Å². The second-order valence-corrected chi connectivity index (χ2v) is 12.8. The molecule has 240 valence electrons. The summed E-state index contributed by atoms with van der Waals surface area (Å²) in [6.45, 7) is 5.85. The van der Waals surface area contributed by atoms with Gasteiger partial charge in [-0.15, -0.1) is 11.3 Å². The number of amides is 1. The Labute approximate surface area is 277 Å². The zero-order valence-corrected chi connectivity index (χ0v) is 26.9. The van der Waals surface area contributed by atoms with E-state index in [0.29, 0.717) is 44.9 Å². The van der Waals surface area contributed by atoms with Crippen molar-refractivity contribution in [1.29, 1.82) is 0 Å². The number of thiophene rings is 1. The number of fused-ring (bicyclic) bond motifs is 6. The Morgan fingerprint density at radius 2 is 2.04 bits per heavy atom. The van der Waals surface area contributed by atoms with Crippen LogP contribution in [0.25, 0.3) is 32.5 Å². The van der Waals surface area contributed by atoms with Gasteiger partial charge in [0.2, 0.25) is 5.91 Å². The highest BCUT2D eigenvalue weighted by Crippen LogP contribution is 2.48. The molecule has 1 N–H and O–H groups in total. The third-order valence-corrected chi connectivity index (χ3v) is 9.93. The molecule has 0 saturated carbocycles. The molecule has 0 saturated heterocycles. The van der Waals surface area contributed by atoms with Gasteiger partial charge in [-0.05, 0) is 84.7 Å². The van der Waals surface area contributed by atoms with Crippen LogP contribution in [-0.2, 0) is 17.8 Å². The fourth-order valence-corrected chi connectivity index (χ4v) is 7.61. The molecule has 2 aliphatic rings. The summed E-state index contributed by atoms with van der Waals surface area (Å²) in [5, 5.41) is 12.2. The topological polar surface area (TPSA) is 84.8 Å². The number of ether oxygens (including phenoxy) is 2. The molecular formula is C38H36FN3O4S. The van der Waals surface area contributed by atoms with Crippen LogP contribution in [0.15, 0.2) is 78.8 Å². The van der Waals surface area contributed by atoms with E-state index in [1.807, 2.05) is 30.5 Å². The number of para-hydroxylation sites is 1. The van der Waals surface area contributed by atoms with E-state index in [-0.39, 0.29) is 24.2 Å². The predicted molar refractivity (Wildman–Crippen MR) is 182 cm³/mol. The Balaban J connectivity index is 1.39. The second kappa shape index (κ2) is 13.6. The summed E-state index contributed by atoms with van der Waals surface area (Å²) >= 11 is 1.63. The average Bonchev–Trinajstić information content (AvgIpc) is 3.58. The molecule has 47 heavy (non-hydrogen) atoms. The molecule has 0 radical (unpaired) electrons. The predicted octanol–water partition coefficient (Wildman–Crippen LogP) is 7.69. The van der Waals surface area contributed by atoms with E-state index in [1.54, 1.807) is 22.3 Å². The molecule has 5 aromatic rings. The standard InChI is InChI=1S/C38H36FN3O4S/c1-2-34(44)42-15-12-31-25(23-42)20-24(22-40-31)27-13-18-46-33-21-26(39)10-11-28(33)35-37(27)41-36(30-14-19-47-38(30)35)29-8-4-5-9-32(29)45-17-7-3-6-16-43/h2,4-5,8-11,14,19-22,27,43H,1,3,6-7,12-13,15-18,23H2. The molecule has 0 bridgehead atoms. The van der Waals surface area contributed by atoms with Crippen LogP contribution in [0, 0.1) is 5.82 Å². The highest BCUT2D eigenvalue weighted by Gasteiger charge is 2.31. The van der Waals surface area contributed by atoms with Gasteiger partial charge in [0, 0.05) is 76.8 Å². The summed E-state index contributed by atoms with van der Waals surface area (Å²) in [5.41, 5.74) is 7.36. The summed E-state index contributed by atoms with van der Waals surface area (Å²) < 4.78 is 28.1. The number of halogens is 1. The number of carbonyl (C=O) groups is 1. The molecule has 1 unspecified atom stereocenters. The van der Waals surface area contributed by atoms with Gasteiger partial charge in [-0.25, -0.2) is 4.39 Å². The van der Waals surface area contributed by atoms with E-state index in [2.05, 4.69) is 24.1 Å². The number of hydrogen-bond donors (Lipinski definition) is 1. The first-order valence-corrected chi connectivity index (χ1v) is 17.0. The Morgan fingerprint density at radius 1 is 1.15 bits per heavy atom. The maximum Gasteiger partial charge on any atom is 0.246 e. The zero-order chi connectivity index (χ0) is 32.3. The smallest absolute Gasteiger partial charge is 0.246 e. The fraction of sp³-hybridized carbons (Fsp3) is 0.289. The lowest BCUT2D eigenvalue weighted by molar-refractivity contribution is -0.126. The van der Waals surface area contributed by atoms with Crippen molar-refractivity contribution < 1.29 is 23.8 Å². The van der Waals surface area contributed by atoms with Gasteiger partial charge < -0.3 is 19.5 Å². The van der Waals surface area contributed by atoms with E-state index >= 15 is 0 Å². The number of hydrogen-bond acceptors (Lipinski definition) is 7. The lowest BCUT2D eigenvalue weighted by Gasteiger charge is -2.30. The van der Waals surface area contributed by atoms with Crippen LogP contribution in [0.3, 0.4) is 0 Å². The lowest BCUT2D eigenvalue weighted by atomic mass is 9.85. The minimum Gasteiger partial charge on any atom is -0.493 e. The van der Waals surface area contributed by atoms with Crippen LogP contribution in [0.5, 0.6) is 11.5 Å². The first-order chi connectivity index (χ1) is 23.1. The largest absolute Gasteiger partial charge is 0.493 e. The molecule has 0 fully saturated rings. The third kappa shape index (κ3) is 6.13. The highest BCUT2D eigenvalue weighted by molar-refractivity contribution is 7.17. The maximum absolute atomic E-state index is 14.5. The van der Waals surface area contributed by atoms with Gasteiger partial charge in [0.15, 0.2) is 0 Å². The number of aliphatic hydroxyl groups excluding tert-OH is 1. The van der Waals surface area contributed by atoms with E-state index in [9.17, 15) is 14.3 Å². The Morgan fingerprint density at radius 3 is 2.91 bits per heavy atom. The number of nitrogens with zero attached hydrogens (tertiary/aromatic N) is 3. The molecule has 9 heteroatoms. The number of benzene rings is 2. The van der Waals surface area contributed by atoms with E-state index in [0.717, 1.165) is 80.0 Å². The molecule has 5 heterocycles. The molecule has 7 nitrogen and oxygen atoms in total. The van der Waals surface area contributed by atoms with Crippen LogP contribution in [0.2, 0.25) is 0 Å². The van der Waals surface area contributed by atoms with E-state index < -0.39 is 0 Å². The summed E-state index contributed by atoms with van der Waals surface area (Å²) in [6, 6.07) is 17.0. The Kier molecular flexibility index (Phi) is 9.00. The number of unbranched alkanes of at least 4 members (excludes halogenated alkanes) is 2. The molecule has 1 atom stereocenters. The minimum absolute atomic E-state index is 0.0877. The number of carbonyl (C=O) groups excluding carboxylic acids is 1. The van der Waals surface area contributed by atoms with Crippen LogP contribution in [0.1, 0.15) is 54.1 Å². The first kappa shape index (κ1) is 31.0. The van der Waals surface area contributed by atoms with Crippen LogP contribution >= 0.6 is 11.3 Å². The van der Waals surface area contributed by atoms with Gasteiger partial charge in [0.1, 0.15) is 17.3 Å². The number of pyridine rings is 2. The molecule has 2 aromatic carbocycles. The summed E-state index contributed by atoms with van der Waals surface area (Å²) in [7, 11) is 0. The van der Waals surface area contributed by atoms with Gasteiger partial charge in [-0.3, -0.25) is 14.8 Å². The third-order valence-electron chi connectivity index (χ3n) is 8.99. The van der Waals surface area contributed by atoms with Gasteiger partial charge in [-0.1, -0.05) is 18.7 Å². The minimum atomic E-state index is -0.350. The molecule has 0 aliphatic carbocycles. The second-order valence-electron chi connectivity index (χ2n) is 11.9. The molecule has 3 aromatic heterocycles. The van der Waals surface area contributed by atoms with Crippen molar-refractivity contribution in [1.82, 2.24) is 14.9 Å². The van der Waals surface area contributed by atoms with Gasteiger partial charge >= 0.3 is 0 Å². The van der Waals surface area contributed by atoms with Crippen molar-refractivity contribution in [2.75, 3.05) is 26.4 Å².